The number of hydrogen-bond acceptors (Lipinski definition) is 4. The molecule has 0 amide bonds. The molecule has 4 heteroatoms. The summed E-state index contributed by atoms with van der Waals surface area (Å²) in [4.78, 5) is 2.41. The van der Waals surface area contributed by atoms with Gasteiger partial charge in [-0.3, -0.25) is 0 Å². The number of anilines is 1. The summed E-state index contributed by atoms with van der Waals surface area (Å²) < 4.78 is 10.9. The minimum atomic E-state index is 0.546. The van der Waals surface area contributed by atoms with E-state index in [4.69, 9.17) is 9.47 Å². The van der Waals surface area contributed by atoms with E-state index in [2.05, 4.69) is 30.1 Å². The van der Waals surface area contributed by atoms with E-state index in [-0.39, 0.29) is 0 Å². The van der Waals surface area contributed by atoms with Crippen LogP contribution in [0.3, 0.4) is 0 Å². The zero-order valence-electron chi connectivity index (χ0n) is 13.0. The number of benzene rings is 1. The van der Waals surface area contributed by atoms with Gasteiger partial charge < -0.3 is 19.7 Å². The van der Waals surface area contributed by atoms with E-state index in [1.165, 1.54) is 0 Å². The van der Waals surface area contributed by atoms with Gasteiger partial charge in [0.1, 0.15) is 11.5 Å². The summed E-state index contributed by atoms with van der Waals surface area (Å²) in [6.45, 7) is 6.57. The summed E-state index contributed by atoms with van der Waals surface area (Å²) in [7, 11) is 3.43. The van der Waals surface area contributed by atoms with Gasteiger partial charge in [0.15, 0.2) is 0 Å². The summed E-state index contributed by atoms with van der Waals surface area (Å²) in [5, 5.41) is 3.62. The summed E-state index contributed by atoms with van der Waals surface area (Å²) in [5.41, 5.74) is 1.13. The largest absolute Gasteiger partial charge is 0.497 e. The topological polar surface area (TPSA) is 33.7 Å². The Labute approximate surface area is 122 Å². The van der Waals surface area contributed by atoms with E-state index in [1.807, 2.05) is 12.1 Å². The number of methoxy groups -OCH3 is 2. The van der Waals surface area contributed by atoms with Crippen LogP contribution in [0.2, 0.25) is 0 Å². The fourth-order valence-corrected chi connectivity index (χ4v) is 2.75. The zero-order chi connectivity index (χ0) is 14.5. The third kappa shape index (κ3) is 3.57. The van der Waals surface area contributed by atoms with Crippen LogP contribution >= 0.6 is 0 Å². The Balaban J connectivity index is 2.23. The number of nitrogens with zero attached hydrogens (tertiary/aromatic N) is 1. The van der Waals surface area contributed by atoms with Crippen molar-refractivity contribution in [1.82, 2.24) is 5.32 Å². The van der Waals surface area contributed by atoms with Gasteiger partial charge >= 0.3 is 0 Å². The van der Waals surface area contributed by atoms with Crippen molar-refractivity contribution in [3.05, 3.63) is 18.2 Å². The second-order valence-corrected chi connectivity index (χ2v) is 5.57. The van der Waals surface area contributed by atoms with Gasteiger partial charge in [-0.2, -0.15) is 0 Å². The molecule has 1 saturated heterocycles. The van der Waals surface area contributed by atoms with Crippen molar-refractivity contribution in [3.63, 3.8) is 0 Å². The third-order valence-electron chi connectivity index (χ3n) is 3.96. The van der Waals surface area contributed by atoms with Crippen molar-refractivity contribution in [1.29, 1.82) is 0 Å². The normalized spacial score (nSPS) is 23.9. The molecule has 0 radical (unpaired) electrons. The van der Waals surface area contributed by atoms with Crippen LogP contribution in [0.25, 0.3) is 0 Å². The van der Waals surface area contributed by atoms with Crippen LogP contribution in [0.5, 0.6) is 11.5 Å². The SMILES string of the molecule is COc1ccc(OC)c(N2CCC(C)NC(C)CC2)c1. The van der Waals surface area contributed by atoms with Crippen molar-refractivity contribution in [2.75, 3.05) is 32.2 Å². The van der Waals surface area contributed by atoms with Gasteiger partial charge in [0.05, 0.1) is 19.9 Å². The lowest BCUT2D eigenvalue weighted by atomic mass is 10.1. The van der Waals surface area contributed by atoms with Crippen molar-refractivity contribution in [3.8, 4) is 11.5 Å². The molecule has 1 aliphatic heterocycles. The first kappa shape index (κ1) is 15.0. The van der Waals surface area contributed by atoms with Gasteiger partial charge in [-0.25, -0.2) is 0 Å². The molecular formula is C16H26N2O2. The van der Waals surface area contributed by atoms with E-state index < -0.39 is 0 Å². The minimum absolute atomic E-state index is 0.546. The smallest absolute Gasteiger partial charge is 0.142 e. The second-order valence-electron chi connectivity index (χ2n) is 5.57. The molecule has 1 aliphatic rings. The van der Waals surface area contributed by atoms with Gasteiger partial charge in [0, 0.05) is 31.2 Å². The highest BCUT2D eigenvalue weighted by Crippen LogP contribution is 2.33. The van der Waals surface area contributed by atoms with Crippen molar-refractivity contribution < 1.29 is 9.47 Å². The molecule has 2 rings (SSSR count). The van der Waals surface area contributed by atoms with Gasteiger partial charge in [-0.1, -0.05) is 0 Å². The highest BCUT2D eigenvalue weighted by molar-refractivity contribution is 5.61. The summed E-state index contributed by atoms with van der Waals surface area (Å²) in [6, 6.07) is 7.09. The molecule has 0 aliphatic carbocycles. The van der Waals surface area contributed by atoms with Gasteiger partial charge in [0.2, 0.25) is 0 Å². The number of ether oxygens (including phenoxy) is 2. The Morgan fingerprint density at radius 1 is 1.05 bits per heavy atom. The minimum Gasteiger partial charge on any atom is -0.497 e. The molecule has 4 nitrogen and oxygen atoms in total. The molecule has 1 heterocycles. The van der Waals surface area contributed by atoms with E-state index in [0.29, 0.717) is 12.1 Å². The van der Waals surface area contributed by atoms with E-state index in [0.717, 1.165) is 43.1 Å². The van der Waals surface area contributed by atoms with Crippen LogP contribution in [0, 0.1) is 0 Å². The molecule has 1 aromatic rings. The first-order valence-corrected chi connectivity index (χ1v) is 7.37. The van der Waals surface area contributed by atoms with E-state index >= 15 is 0 Å². The third-order valence-corrected chi connectivity index (χ3v) is 3.96. The molecule has 20 heavy (non-hydrogen) atoms. The van der Waals surface area contributed by atoms with Crippen LogP contribution in [0.4, 0.5) is 5.69 Å². The number of hydrogen-bond donors (Lipinski definition) is 1. The Kier molecular flexibility index (Phi) is 5.12. The van der Waals surface area contributed by atoms with Crippen LogP contribution in [0.15, 0.2) is 18.2 Å². The summed E-state index contributed by atoms with van der Waals surface area (Å²) in [5.74, 6) is 1.79. The average Bonchev–Trinajstić information content (AvgIpc) is 2.45. The number of nitrogens with one attached hydrogen (secondary N) is 1. The molecule has 112 valence electrons. The highest BCUT2D eigenvalue weighted by atomic mass is 16.5. The Bertz CT molecular complexity index is 424. The Hall–Kier alpha value is -1.42. The van der Waals surface area contributed by atoms with Gasteiger partial charge in [0.25, 0.3) is 0 Å². The standard InChI is InChI=1S/C16H26N2O2/c1-12-7-9-18(10-8-13(2)17-12)15-11-14(19-3)5-6-16(15)20-4/h5-6,11-13,17H,7-10H2,1-4H3. The molecular weight excluding hydrogens is 252 g/mol. The summed E-state index contributed by atoms with van der Waals surface area (Å²) in [6.07, 6.45) is 2.26. The predicted octanol–water partition coefficient (Wildman–Crippen LogP) is 2.67. The molecule has 1 fully saturated rings. The molecule has 0 bridgehead atoms. The molecule has 2 atom stereocenters. The first-order valence-electron chi connectivity index (χ1n) is 7.37. The molecule has 1 N–H and O–H groups in total. The van der Waals surface area contributed by atoms with Gasteiger partial charge in [-0.15, -0.1) is 0 Å². The van der Waals surface area contributed by atoms with Gasteiger partial charge in [-0.05, 0) is 38.8 Å². The zero-order valence-corrected chi connectivity index (χ0v) is 13.0. The molecule has 2 unspecified atom stereocenters. The van der Waals surface area contributed by atoms with Crippen LogP contribution in [-0.4, -0.2) is 39.4 Å². The van der Waals surface area contributed by atoms with Crippen LogP contribution in [-0.2, 0) is 0 Å². The molecule has 0 saturated carbocycles. The van der Waals surface area contributed by atoms with Crippen molar-refractivity contribution in [2.45, 2.75) is 38.8 Å². The van der Waals surface area contributed by atoms with Crippen LogP contribution in [0.1, 0.15) is 26.7 Å². The predicted molar refractivity (Wildman–Crippen MR) is 83.1 cm³/mol. The highest BCUT2D eigenvalue weighted by Gasteiger charge is 2.19. The maximum atomic E-state index is 5.51. The lowest BCUT2D eigenvalue weighted by Crippen LogP contribution is -2.43. The monoisotopic (exact) mass is 278 g/mol. The molecule has 1 aromatic carbocycles. The fourth-order valence-electron chi connectivity index (χ4n) is 2.75. The lowest BCUT2D eigenvalue weighted by molar-refractivity contribution is 0.390. The fraction of sp³-hybridized carbons (Fsp3) is 0.625. The Morgan fingerprint density at radius 2 is 1.70 bits per heavy atom. The van der Waals surface area contributed by atoms with E-state index in [9.17, 15) is 0 Å². The average molecular weight is 278 g/mol. The van der Waals surface area contributed by atoms with Crippen molar-refractivity contribution in [2.24, 2.45) is 0 Å². The van der Waals surface area contributed by atoms with Crippen LogP contribution < -0.4 is 19.7 Å². The quantitative estimate of drug-likeness (QED) is 0.921. The Morgan fingerprint density at radius 3 is 2.25 bits per heavy atom. The molecule has 0 spiro atoms. The molecule has 0 aromatic heterocycles. The van der Waals surface area contributed by atoms with Crippen molar-refractivity contribution >= 4 is 5.69 Å². The maximum absolute atomic E-state index is 5.51. The number of rotatable bonds is 3. The van der Waals surface area contributed by atoms with E-state index in [1.54, 1.807) is 14.2 Å². The maximum Gasteiger partial charge on any atom is 0.142 e. The lowest BCUT2D eigenvalue weighted by Gasteiger charge is -2.33. The summed E-state index contributed by atoms with van der Waals surface area (Å²) >= 11 is 0. The first-order chi connectivity index (χ1) is 9.63. The second kappa shape index (κ2) is 6.84.